The molecule has 1 atom stereocenters. The summed E-state index contributed by atoms with van der Waals surface area (Å²) < 4.78 is 13.3. The van der Waals surface area contributed by atoms with E-state index in [1.54, 1.807) is 17.0 Å². The SMILES string of the molecule is CCCN(CCNc1ccccc1CF)C(=O)C1=C/C/N=C(CCCCC(=O)O)\C(c2ccc(Cl)cc2)=N/C(C)/C=C\1. The fourth-order valence-corrected chi connectivity index (χ4v) is 4.76. The summed E-state index contributed by atoms with van der Waals surface area (Å²) in [5, 5.41) is 12.9. The monoisotopic (exact) mass is 594 g/mol. The fraction of sp³-hybridized carbons (Fsp3) is 0.394. The first-order valence-corrected chi connectivity index (χ1v) is 14.8. The number of anilines is 1. The molecule has 0 radical (unpaired) electrons. The molecule has 0 saturated heterocycles. The molecule has 2 N–H and O–H groups in total. The minimum atomic E-state index is -0.821. The van der Waals surface area contributed by atoms with Crippen LogP contribution in [-0.4, -0.2) is 65.5 Å². The van der Waals surface area contributed by atoms with Gasteiger partial charge in [-0.2, -0.15) is 0 Å². The van der Waals surface area contributed by atoms with Crippen molar-refractivity contribution in [2.24, 2.45) is 9.98 Å². The van der Waals surface area contributed by atoms with Gasteiger partial charge in [-0.3, -0.25) is 19.6 Å². The molecule has 1 amide bonds. The van der Waals surface area contributed by atoms with Gasteiger partial charge in [-0.15, -0.1) is 0 Å². The molecule has 42 heavy (non-hydrogen) atoms. The molecule has 2 aromatic rings. The maximum Gasteiger partial charge on any atom is 0.303 e. The van der Waals surface area contributed by atoms with Gasteiger partial charge in [0, 0.05) is 53.5 Å². The van der Waals surface area contributed by atoms with E-state index in [2.05, 4.69) is 5.32 Å². The zero-order valence-electron chi connectivity index (χ0n) is 24.4. The van der Waals surface area contributed by atoms with Crippen molar-refractivity contribution >= 4 is 40.6 Å². The molecular formula is C33H40ClFN4O3. The molecule has 1 aliphatic heterocycles. The highest BCUT2D eigenvalue weighted by Gasteiger charge is 2.18. The third-order valence-corrected chi connectivity index (χ3v) is 7.06. The predicted octanol–water partition coefficient (Wildman–Crippen LogP) is 6.92. The first-order chi connectivity index (χ1) is 20.3. The second-order valence-electron chi connectivity index (χ2n) is 10.1. The van der Waals surface area contributed by atoms with Crippen LogP contribution in [0.15, 0.2) is 82.3 Å². The molecule has 0 spiro atoms. The normalized spacial score (nSPS) is 19.8. The first-order valence-electron chi connectivity index (χ1n) is 14.5. The van der Waals surface area contributed by atoms with E-state index < -0.39 is 12.6 Å². The van der Waals surface area contributed by atoms with Gasteiger partial charge >= 0.3 is 5.97 Å². The number of carbonyl (C=O) groups excluding carboxylic acids is 1. The highest BCUT2D eigenvalue weighted by atomic mass is 35.5. The van der Waals surface area contributed by atoms with Gasteiger partial charge in [-0.05, 0) is 50.8 Å². The highest BCUT2D eigenvalue weighted by Crippen LogP contribution is 2.18. The molecule has 0 saturated carbocycles. The number of nitrogens with zero attached hydrogens (tertiary/aromatic N) is 3. The number of hydrogen-bond acceptors (Lipinski definition) is 5. The Morgan fingerprint density at radius 1 is 1.12 bits per heavy atom. The third kappa shape index (κ3) is 10.2. The van der Waals surface area contributed by atoms with Crippen LogP contribution in [0.5, 0.6) is 0 Å². The fourth-order valence-electron chi connectivity index (χ4n) is 4.64. The van der Waals surface area contributed by atoms with Crippen molar-refractivity contribution in [2.45, 2.75) is 58.7 Å². The zero-order valence-corrected chi connectivity index (χ0v) is 25.1. The largest absolute Gasteiger partial charge is 0.481 e. The molecule has 7 nitrogen and oxygen atoms in total. The second kappa shape index (κ2) is 17.2. The number of nitrogens with one attached hydrogen (secondary N) is 1. The summed E-state index contributed by atoms with van der Waals surface area (Å²) in [5.74, 6) is -0.917. The quantitative estimate of drug-likeness (QED) is 0.232. The van der Waals surface area contributed by atoms with E-state index in [0.29, 0.717) is 55.1 Å². The summed E-state index contributed by atoms with van der Waals surface area (Å²) >= 11 is 6.12. The Labute approximate surface area is 252 Å². The number of para-hydroxylation sites is 1. The van der Waals surface area contributed by atoms with Gasteiger partial charge in [-0.25, -0.2) is 4.39 Å². The standard InChI is InChI=1S/C33H40ClFN4O3/c1-3-21-39(22-20-37-29-9-5-4-8-27(29)23-35)33(42)26-13-12-24(2)38-32(25-14-16-28(34)17-15-25)30(36-19-18-26)10-6-7-11-31(40)41/h4-5,8-9,12-18,24,37H,3,6-7,10-11,19-23H2,1-2H3,(H,40,41)/b13-12-,26-18+,36-30-,38-32-. The van der Waals surface area contributed by atoms with Crippen molar-refractivity contribution in [1.29, 1.82) is 0 Å². The Balaban J connectivity index is 1.81. The minimum Gasteiger partial charge on any atom is -0.481 e. The van der Waals surface area contributed by atoms with Crippen LogP contribution in [0.25, 0.3) is 0 Å². The lowest BCUT2D eigenvalue weighted by Crippen LogP contribution is -2.36. The van der Waals surface area contributed by atoms with Crippen LogP contribution in [-0.2, 0) is 16.3 Å². The molecule has 1 unspecified atom stereocenters. The van der Waals surface area contributed by atoms with Crippen LogP contribution in [0.1, 0.15) is 57.1 Å². The van der Waals surface area contributed by atoms with Crippen molar-refractivity contribution in [2.75, 3.05) is 31.5 Å². The molecular weight excluding hydrogens is 555 g/mol. The van der Waals surface area contributed by atoms with Crippen LogP contribution in [0.3, 0.4) is 0 Å². The number of unbranched alkanes of at least 4 members (excludes halogenated alkanes) is 1. The Hall–Kier alpha value is -3.78. The van der Waals surface area contributed by atoms with Crippen LogP contribution in [0.2, 0.25) is 5.02 Å². The van der Waals surface area contributed by atoms with Crippen molar-refractivity contribution in [1.82, 2.24) is 4.90 Å². The summed E-state index contributed by atoms with van der Waals surface area (Å²) in [4.78, 5) is 36.3. The first kappa shape index (κ1) is 32.7. The van der Waals surface area contributed by atoms with E-state index in [1.807, 2.05) is 68.5 Å². The third-order valence-electron chi connectivity index (χ3n) is 6.81. The number of halogens is 2. The number of carboxylic acid groups (broad SMARTS) is 1. The van der Waals surface area contributed by atoms with E-state index in [-0.39, 0.29) is 24.9 Å². The van der Waals surface area contributed by atoms with Crippen molar-refractivity contribution in [3.05, 3.63) is 88.5 Å². The molecule has 0 aromatic heterocycles. The van der Waals surface area contributed by atoms with E-state index >= 15 is 0 Å². The van der Waals surface area contributed by atoms with Gasteiger partial charge < -0.3 is 15.3 Å². The van der Waals surface area contributed by atoms with Crippen LogP contribution >= 0.6 is 11.6 Å². The molecule has 3 rings (SSSR count). The Morgan fingerprint density at radius 2 is 1.88 bits per heavy atom. The number of amides is 1. The molecule has 224 valence electrons. The topological polar surface area (TPSA) is 94.4 Å². The van der Waals surface area contributed by atoms with E-state index in [0.717, 1.165) is 29.1 Å². The van der Waals surface area contributed by atoms with Gasteiger partial charge in [0.2, 0.25) is 0 Å². The summed E-state index contributed by atoms with van der Waals surface area (Å²) in [6.07, 6.45) is 8.21. The molecule has 0 bridgehead atoms. The average Bonchev–Trinajstić information content (AvgIpc) is 2.98. The molecule has 0 fully saturated rings. The molecule has 9 heteroatoms. The number of carbonyl (C=O) groups is 2. The predicted molar refractivity (Wildman–Crippen MR) is 170 cm³/mol. The van der Waals surface area contributed by atoms with Crippen molar-refractivity contribution < 1.29 is 19.1 Å². The molecule has 1 aliphatic rings. The lowest BCUT2D eigenvalue weighted by atomic mass is 9.99. The van der Waals surface area contributed by atoms with Gasteiger partial charge in [0.15, 0.2) is 0 Å². The van der Waals surface area contributed by atoms with E-state index in [9.17, 15) is 14.0 Å². The van der Waals surface area contributed by atoms with Crippen molar-refractivity contribution in [3.8, 4) is 0 Å². The Morgan fingerprint density at radius 3 is 2.60 bits per heavy atom. The van der Waals surface area contributed by atoms with E-state index in [4.69, 9.17) is 26.7 Å². The van der Waals surface area contributed by atoms with Gasteiger partial charge in [0.05, 0.1) is 24.0 Å². The maximum absolute atomic E-state index is 13.7. The summed E-state index contributed by atoms with van der Waals surface area (Å²) in [6.45, 7) is 5.25. The summed E-state index contributed by atoms with van der Waals surface area (Å²) in [5.41, 5.74) is 4.26. The summed E-state index contributed by atoms with van der Waals surface area (Å²) in [7, 11) is 0. The Kier molecular flexibility index (Phi) is 13.4. The number of alkyl halides is 1. The number of aliphatic carboxylic acids is 1. The number of hydrogen-bond donors (Lipinski definition) is 2. The minimum absolute atomic E-state index is 0.0958. The molecule has 0 aliphatic carbocycles. The van der Waals surface area contributed by atoms with Crippen LogP contribution in [0, 0.1) is 0 Å². The lowest BCUT2D eigenvalue weighted by molar-refractivity contribution is -0.137. The van der Waals surface area contributed by atoms with E-state index in [1.165, 1.54) is 0 Å². The molecule has 2 aromatic carbocycles. The Bertz CT molecular complexity index is 1320. The van der Waals surface area contributed by atoms with Crippen LogP contribution in [0.4, 0.5) is 10.1 Å². The number of benzene rings is 2. The highest BCUT2D eigenvalue weighted by molar-refractivity contribution is 6.48. The average molecular weight is 595 g/mol. The maximum atomic E-state index is 13.7. The van der Waals surface area contributed by atoms with Crippen LogP contribution < -0.4 is 5.32 Å². The zero-order chi connectivity index (χ0) is 30.3. The van der Waals surface area contributed by atoms with Gasteiger partial charge in [-0.1, -0.05) is 67.1 Å². The number of carboxylic acids is 1. The molecule has 1 heterocycles. The van der Waals surface area contributed by atoms with Crippen molar-refractivity contribution in [3.63, 3.8) is 0 Å². The van der Waals surface area contributed by atoms with Gasteiger partial charge in [0.1, 0.15) is 6.67 Å². The number of aliphatic imine (C=N–C) groups is 2. The summed E-state index contributed by atoms with van der Waals surface area (Å²) in [6, 6.07) is 14.4. The lowest BCUT2D eigenvalue weighted by Gasteiger charge is -2.24. The second-order valence-corrected chi connectivity index (χ2v) is 10.6. The number of rotatable bonds is 14. The smallest absolute Gasteiger partial charge is 0.303 e. The van der Waals surface area contributed by atoms with Gasteiger partial charge in [0.25, 0.3) is 5.91 Å².